The lowest BCUT2D eigenvalue weighted by Gasteiger charge is -2.24. The highest BCUT2D eigenvalue weighted by molar-refractivity contribution is 7.15. The van der Waals surface area contributed by atoms with Crippen LogP contribution in [0.2, 0.25) is 0 Å². The standard InChI is InChI=1S/C17H17N3O3S/c1-23-17(22)20-10-9-13-14(11-20)24-16(18-13)19-15(21)8-7-12-5-3-2-4-6-12/h2-8H,9-11H2,1H3,(H,18,19,21)/b8-7+. The molecular formula is C17H17N3O3S. The summed E-state index contributed by atoms with van der Waals surface area (Å²) in [7, 11) is 1.37. The van der Waals surface area contributed by atoms with Crippen molar-refractivity contribution in [1.29, 1.82) is 0 Å². The zero-order valence-corrected chi connectivity index (χ0v) is 14.0. The number of rotatable bonds is 3. The van der Waals surface area contributed by atoms with E-state index in [9.17, 15) is 9.59 Å². The number of carbonyl (C=O) groups is 2. The third kappa shape index (κ3) is 3.80. The lowest BCUT2D eigenvalue weighted by atomic mass is 10.2. The van der Waals surface area contributed by atoms with Gasteiger partial charge >= 0.3 is 6.09 Å². The topological polar surface area (TPSA) is 71.5 Å². The molecule has 3 rings (SSSR count). The van der Waals surface area contributed by atoms with E-state index in [1.165, 1.54) is 24.5 Å². The minimum absolute atomic E-state index is 0.227. The van der Waals surface area contributed by atoms with E-state index in [-0.39, 0.29) is 12.0 Å². The van der Waals surface area contributed by atoms with Crippen molar-refractivity contribution in [1.82, 2.24) is 9.88 Å². The number of anilines is 1. The van der Waals surface area contributed by atoms with Crippen LogP contribution in [0, 0.1) is 0 Å². The highest BCUT2D eigenvalue weighted by Gasteiger charge is 2.24. The molecule has 7 heteroatoms. The van der Waals surface area contributed by atoms with Gasteiger partial charge in [0.25, 0.3) is 0 Å². The molecule has 1 N–H and O–H groups in total. The Morgan fingerprint density at radius 3 is 2.88 bits per heavy atom. The molecule has 6 nitrogen and oxygen atoms in total. The van der Waals surface area contributed by atoms with Crippen LogP contribution in [-0.4, -0.2) is 35.5 Å². The van der Waals surface area contributed by atoms with E-state index in [4.69, 9.17) is 4.74 Å². The van der Waals surface area contributed by atoms with E-state index in [2.05, 4.69) is 10.3 Å². The van der Waals surface area contributed by atoms with Gasteiger partial charge in [0.05, 0.1) is 19.3 Å². The molecular weight excluding hydrogens is 326 g/mol. The van der Waals surface area contributed by atoms with E-state index < -0.39 is 0 Å². The zero-order valence-electron chi connectivity index (χ0n) is 13.2. The van der Waals surface area contributed by atoms with Crippen molar-refractivity contribution in [2.45, 2.75) is 13.0 Å². The van der Waals surface area contributed by atoms with Crippen LogP contribution < -0.4 is 5.32 Å². The van der Waals surface area contributed by atoms with Crippen LogP contribution in [0.5, 0.6) is 0 Å². The van der Waals surface area contributed by atoms with Gasteiger partial charge in [0.15, 0.2) is 5.13 Å². The molecule has 0 saturated carbocycles. The smallest absolute Gasteiger partial charge is 0.409 e. The second kappa shape index (κ2) is 7.27. The third-order valence-electron chi connectivity index (χ3n) is 3.62. The summed E-state index contributed by atoms with van der Waals surface area (Å²) in [6.45, 7) is 1.04. The Morgan fingerprint density at radius 1 is 1.33 bits per heavy atom. The van der Waals surface area contributed by atoms with E-state index in [1.54, 1.807) is 11.0 Å². The number of thiazole rings is 1. The third-order valence-corrected chi connectivity index (χ3v) is 4.62. The maximum atomic E-state index is 12.0. The van der Waals surface area contributed by atoms with Gasteiger partial charge in [-0.15, -0.1) is 0 Å². The maximum absolute atomic E-state index is 12.0. The molecule has 2 aromatic rings. The van der Waals surface area contributed by atoms with Gasteiger partial charge < -0.3 is 9.64 Å². The minimum Gasteiger partial charge on any atom is -0.453 e. The van der Waals surface area contributed by atoms with Crippen molar-refractivity contribution in [3.8, 4) is 0 Å². The first kappa shape index (κ1) is 16.2. The number of ether oxygens (including phenoxy) is 1. The molecule has 1 aliphatic heterocycles. The number of hydrogen-bond acceptors (Lipinski definition) is 5. The molecule has 0 spiro atoms. The molecule has 124 valence electrons. The summed E-state index contributed by atoms with van der Waals surface area (Å²) < 4.78 is 4.74. The molecule has 0 aliphatic carbocycles. The van der Waals surface area contributed by atoms with E-state index >= 15 is 0 Å². The Hall–Kier alpha value is -2.67. The molecule has 2 amide bonds. The molecule has 0 fully saturated rings. The maximum Gasteiger partial charge on any atom is 0.409 e. The number of fused-ring (bicyclic) bond motifs is 1. The Morgan fingerprint density at radius 2 is 2.12 bits per heavy atom. The van der Waals surface area contributed by atoms with Gasteiger partial charge in [0, 0.05) is 23.9 Å². The van der Waals surface area contributed by atoms with Crippen molar-refractivity contribution in [2.75, 3.05) is 19.0 Å². The van der Waals surface area contributed by atoms with Crippen LogP contribution >= 0.6 is 11.3 Å². The fourth-order valence-electron chi connectivity index (χ4n) is 2.42. The first-order valence-electron chi connectivity index (χ1n) is 7.51. The number of nitrogens with zero attached hydrogens (tertiary/aromatic N) is 2. The first-order valence-corrected chi connectivity index (χ1v) is 8.33. The van der Waals surface area contributed by atoms with Gasteiger partial charge in [-0.25, -0.2) is 9.78 Å². The SMILES string of the molecule is COC(=O)N1CCc2nc(NC(=O)/C=C/c3ccccc3)sc2C1. The number of nitrogens with one attached hydrogen (secondary N) is 1. The number of aromatic nitrogens is 1. The highest BCUT2D eigenvalue weighted by Crippen LogP contribution is 2.28. The Labute approximate surface area is 143 Å². The number of carbonyl (C=O) groups excluding carboxylic acids is 2. The van der Waals surface area contributed by atoms with E-state index in [0.717, 1.165) is 16.1 Å². The summed E-state index contributed by atoms with van der Waals surface area (Å²) in [4.78, 5) is 30.6. The summed E-state index contributed by atoms with van der Waals surface area (Å²) in [5.74, 6) is -0.227. The number of methoxy groups -OCH3 is 1. The molecule has 1 aliphatic rings. The molecule has 0 radical (unpaired) electrons. The van der Waals surface area contributed by atoms with Gasteiger partial charge in [-0.05, 0) is 11.6 Å². The van der Waals surface area contributed by atoms with Crippen LogP contribution in [0.3, 0.4) is 0 Å². The van der Waals surface area contributed by atoms with Crippen molar-refractivity contribution in [2.24, 2.45) is 0 Å². The summed E-state index contributed by atoms with van der Waals surface area (Å²) in [5.41, 5.74) is 1.89. The van der Waals surface area contributed by atoms with Crippen molar-refractivity contribution in [3.05, 3.63) is 52.5 Å². The first-order chi connectivity index (χ1) is 11.7. The predicted octanol–water partition coefficient (Wildman–Crippen LogP) is 2.92. The lowest BCUT2D eigenvalue weighted by molar-refractivity contribution is -0.111. The average molecular weight is 343 g/mol. The molecule has 1 aromatic heterocycles. The fourth-order valence-corrected chi connectivity index (χ4v) is 3.44. The van der Waals surface area contributed by atoms with Gasteiger partial charge in [0.2, 0.25) is 5.91 Å². The second-order valence-electron chi connectivity index (χ2n) is 5.26. The largest absolute Gasteiger partial charge is 0.453 e. The normalized spacial score (nSPS) is 13.6. The monoisotopic (exact) mass is 343 g/mol. The number of benzene rings is 1. The zero-order chi connectivity index (χ0) is 16.9. The van der Waals surface area contributed by atoms with Crippen LogP contribution in [-0.2, 0) is 22.5 Å². The van der Waals surface area contributed by atoms with Gasteiger partial charge in [-0.3, -0.25) is 10.1 Å². The molecule has 0 bridgehead atoms. The van der Waals surface area contributed by atoms with Crippen LogP contribution in [0.1, 0.15) is 16.1 Å². The number of hydrogen-bond donors (Lipinski definition) is 1. The molecule has 0 saturated heterocycles. The van der Waals surface area contributed by atoms with Crippen LogP contribution in [0.15, 0.2) is 36.4 Å². The summed E-state index contributed by atoms with van der Waals surface area (Å²) in [6.07, 6.45) is 3.56. The molecule has 24 heavy (non-hydrogen) atoms. The van der Waals surface area contributed by atoms with Crippen LogP contribution in [0.4, 0.5) is 9.93 Å². The molecule has 0 atom stereocenters. The van der Waals surface area contributed by atoms with Crippen LogP contribution in [0.25, 0.3) is 6.08 Å². The molecule has 2 heterocycles. The van der Waals surface area contributed by atoms with Crippen molar-refractivity contribution >= 4 is 34.5 Å². The van der Waals surface area contributed by atoms with E-state index in [0.29, 0.717) is 24.6 Å². The molecule has 1 aromatic carbocycles. The second-order valence-corrected chi connectivity index (χ2v) is 6.35. The lowest BCUT2D eigenvalue weighted by Crippen LogP contribution is -2.35. The average Bonchev–Trinajstić information content (AvgIpc) is 3.01. The summed E-state index contributed by atoms with van der Waals surface area (Å²) in [6, 6.07) is 9.61. The van der Waals surface area contributed by atoms with Crippen molar-refractivity contribution < 1.29 is 14.3 Å². The molecule has 0 unspecified atom stereocenters. The van der Waals surface area contributed by atoms with Crippen molar-refractivity contribution in [3.63, 3.8) is 0 Å². The van der Waals surface area contributed by atoms with E-state index in [1.807, 2.05) is 30.3 Å². The summed E-state index contributed by atoms with van der Waals surface area (Å²) >= 11 is 1.39. The fraction of sp³-hybridized carbons (Fsp3) is 0.235. The van der Waals surface area contributed by atoms with Gasteiger partial charge in [-0.1, -0.05) is 41.7 Å². The Kier molecular flexibility index (Phi) is 4.90. The highest BCUT2D eigenvalue weighted by atomic mass is 32.1. The Balaban J connectivity index is 1.63. The van der Waals surface area contributed by atoms with Gasteiger partial charge in [-0.2, -0.15) is 0 Å². The Bertz CT molecular complexity index is 771. The summed E-state index contributed by atoms with van der Waals surface area (Å²) in [5, 5.41) is 3.32. The minimum atomic E-state index is -0.342. The van der Waals surface area contributed by atoms with Gasteiger partial charge in [0.1, 0.15) is 0 Å². The quantitative estimate of drug-likeness (QED) is 0.870. The predicted molar refractivity (Wildman–Crippen MR) is 92.7 cm³/mol. The number of amides is 2.